The molecule has 0 nitrogen and oxygen atoms in total. The molecule has 3 aliphatic carbocycles. The number of fused-ring (bicyclic) bond motifs is 2. The summed E-state index contributed by atoms with van der Waals surface area (Å²) in [6.07, 6.45) is 5.43. The van der Waals surface area contributed by atoms with Gasteiger partial charge < -0.3 is 0 Å². The van der Waals surface area contributed by atoms with Crippen molar-refractivity contribution in [2.45, 2.75) is 54.4 Å². The summed E-state index contributed by atoms with van der Waals surface area (Å²) >= 11 is 0. The molecule has 3 atom stereocenters. The maximum atomic E-state index is 2.56. The lowest BCUT2D eigenvalue weighted by Crippen LogP contribution is -2.51. The number of hydrogen-bond acceptors (Lipinski definition) is 0. The Morgan fingerprint density at radius 2 is 1.80 bits per heavy atom. The molecule has 0 saturated heterocycles. The monoisotopic (exact) mass is 206 g/mol. The zero-order valence-corrected chi connectivity index (χ0v) is 11.2. The lowest BCUT2D eigenvalue weighted by molar-refractivity contribution is -0.0451. The van der Waals surface area contributed by atoms with E-state index in [1.165, 1.54) is 12.8 Å². The molecule has 3 saturated carbocycles. The second-order valence-corrected chi connectivity index (χ2v) is 7.45. The third-order valence-corrected chi connectivity index (χ3v) is 4.68. The number of rotatable bonds is 0. The molecule has 0 amide bonds. The molecule has 86 valence electrons. The zero-order valence-electron chi connectivity index (χ0n) is 11.2. The molecule has 0 spiro atoms. The van der Waals surface area contributed by atoms with Gasteiger partial charge in [0.1, 0.15) is 0 Å². The van der Waals surface area contributed by atoms with Gasteiger partial charge in [-0.3, -0.25) is 0 Å². The van der Waals surface area contributed by atoms with Crippen molar-refractivity contribution in [2.24, 2.45) is 28.6 Å². The highest BCUT2D eigenvalue weighted by Crippen LogP contribution is 2.63. The van der Waals surface area contributed by atoms with Gasteiger partial charge in [0.05, 0.1) is 0 Å². The van der Waals surface area contributed by atoms with Crippen LogP contribution in [0.2, 0.25) is 0 Å². The Morgan fingerprint density at radius 1 is 1.20 bits per heavy atom. The highest BCUT2D eigenvalue weighted by Gasteiger charge is 2.54. The quantitative estimate of drug-likeness (QED) is 0.506. The van der Waals surface area contributed by atoms with Crippen LogP contribution in [0.5, 0.6) is 0 Å². The Balaban J connectivity index is 2.27. The summed E-state index contributed by atoms with van der Waals surface area (Å²) in [6.45, 7) is 14.3. The van der Waals surface area contributed by atoms with Gasteiger partial charge >= 0.3 is 0 Å². The fourth-order valence-electron chi connectivity index (χ4n) is 3.63. The molecule has 0 aromatic carbocycles. The van der Waals surface area contributed by atoms with Gasteiger partial charge in [0, 0.05) is 0 Å². The van der Waals surface area contributed by atoms with Gasteiger partial charge in [-0.25, -0.2) is 0 Å². The first-order chi connectivity index (χ1) is 6.72. The summed E-state index contributed by atoms with van der Waals surface area (Å²) in [6, 6.07) is 0. The topological polar surface area (TPSA) is 0 Å². The van der Waals surface area contributed by atoms with Crippen molar-refractivity contribution in [3.63, 3.8) is 0 Å². The van der Waals surface area contributed by atoms with Crippen LogP contribution in [0.25, 0.3) is 0 Å². The van der Waals surface area contributed by atoms with E-state index in [1.807, 2.05) is 0 Å². The Labute approximate surface area is 95.1 Å². The van der Waals surface area contributed by atoms with E-state index in [9.17, 15) is 0 Å². The molecule has 0 aromatic rings. The van der Waals surface area contributed by atoms with Gasteiger partial charge in [-0.2, -0.15) is 0 Å². The molecule has 0 N–H and O–H groups in total. The molecule has 3 fully saturated rings. The van der Waals surface area contributed by atoms with Crippen LogP contribution in [0.1, 0.15) is 54.4 Å². The van der Waals surface area contributed by atoms with Gasteiger partial charge in [-0.15, -0.1) is 0 Å². The molecule has 15 heavy (non-hydrogen) atoms. The van der Waals surface area contributed by atoms with E-state index in [-0.39, 0.29) is 0 Å². The van der Waals surface area contributed by atoms with E-state index in [4.69, 9.17) is 0 Å². The second kappa shape index (κ2) is 3.12. The summed E-state index contributed by atoms with van der Waals surface area (Å²) in [5.74, 6) is 2.71. The largest absolute Gasteiger partial charge is 0.0794 e. The molecule has 0 heterocycles. The highest BCUT2D eigenvalue weighted by atomic mass is 14.6. The van der Waals surface area contributed by atoms with Crippen LogP contribution in [0.3, 0.4) is 0 Å². The van der Waals surface area contributed by atoms with Crippen LogP contribution >= 0.6 is 0 Å². The smallest absolute Gasteiger partial charge is 0.0143 e. The van der Waals surface area contributed by atoms with Crippen LogP contribution < -0.4 is 0 Å². The summed E-state index contributed by atoms with van der Waals surface area (Å²) in [7, 11) is 0. The first kappa shape index (κ1) is 11.2. The lowest BCUT2D eigenvalue weighted by Gasteiger charge is -2.60. The molecule has 3 unspecified atom stereocenters. The minimum absolute atomic E-state index is 0.349. The predicted octanol–water partition coefficient (Wildman–Crippen LogP) is 4.66. The number of allylic oxidation sites excluding steroid dienone is 2. The van der Waals surface area contributed by atoms with E-state index in [1.54, 1.807) is 5.57 Å². The van der Waals surface area contributed by atoms with Crippen molar-refractivity contribution >= 4 is 0 Å². The lowest BCUT2D eigenvalue weighted by atomic mass is 9.45. The first-order valence-electron chi connectivity index (χ1n) is 6.44. The minimum Gasteiger partial charge on any atom is -0.0794 e. The molecule has 0 aromatic heterocycles. The summed E-state index contributed by atoms with van der Waals surface area (Å²) in [4.78, 5) is 0. The van der Waals surface area contributed by atoms with Crippen LogP contribution in [0.4, 0.5) is 0 Å². The molecule has 0 radical (unpaired) electrons. The van der Waals surface area contributed by atoms with Crippen molar-refractivity contribution < 1.29 is 0 Å². The van der Waals surface area contributed by atoms with E-state index in [0.29, 0.717) is 10.8 Å². The molecular formula is C15H26. The van der Waals surface area contributed by atoms with Crippen LogP contribution in [-0.2, 0) is 0 Å². The summed E-state index contributed by atoms with van der Waals surface area (Å²) in [5, 5.41) is 0. The highest BCUT2D eigenvalue weighted by molar-refractivity contribution is 5.25. The van der Waals surface area contributed by atoms with E-state index in [0.717, 1.165) is 17.8 Å². The van der Waals surface area contributed by atoms with Crippen LogP contribution in [-0.4, -0.2) is 0 Å². The molecule has 2 bridgehead atoms. The fourth-order valence-corrected chi connectivity index (χ4v) is 3.63. The molecule has 3 rings (SSSR count). The molecule has 0 aliphatic heterocycles. The Morgan fingerprint density at radius 3 is 2.27 bits per heavy atom. The minimum atomic E-state index is 0.349. The Hall–Kier alpha value is -0.260. The van der Waals surface area contributed by atoms with E-state index < -0.39 is 0 Å². The van der Waals surface area contributed by atoms with Crippen LogP contribution in [0, 0.1) is 28.6 Å². The predicted molar refractivity (Wildman–Crippen MR) is 66.7 cm³/mol. The van der Waals surface area contributed by atoms with Crippen molar-refractivity contribution in [3.8, 4) is 0 Å². The first-order valence-corrected chi connectivity index (χ1v) is 6.44. The molecule has 3 aliphatic rings. The Kier molecular flexibility index (Phi) is 2.34. The maximum absolute atomic E-state index is 2.56. The van der Waals surface area contributed by atoms with Gasteiger partial charge in [0.15, 0.2) is 0 Å². The van der Waals surface area contributed by atoms with Gasteiger partial charge in [0.2, 0.25) is 0 Å². The second-order valence-electron chi connectivity index (χ2n) is 7.45. The third kappa shape index (κ3) is 1.77. The zero-order chi connectivity index (χ0) is 11.4. The average molecular weight is 206 g/mol. The van der Waals surface area contributed by atoms with Crippen molar-refractivity contribution in [1.29, 1.82) is 0 Å². The Bertz CT molecular complexity index is 288. The van der Waals surface area contributed by atoms with Crippen LogP contribution in [0.15, 0.2) is 11.6 Å². The molecular weight excluding hydrogens is 180 g/mol. The summed E-state index contributed by atoms with van der Waals surface area (Å²) in [5.41, 5.74) is 2.70. The number of hydrogen-bond donors (Lipinski definition) is 0. The van der Waals surface area contributed by atoms with Crippen molar-refractivity contribution in [3.05, 3.63) is 11.6 Å². The van der Waals surface area contributed by atoms with Gasteiger partial charge in [-0.05, 0) is 41.4 Å². The fraction of sp³-hybridized carbons (Fsp3) is 0.867. The average Bonchev–Trinajstić information content (AvgIpc) is 2.05. The van der Waals surface area contributed by atoms with Gasteiger partial charge in [0.25, 0.3) is 0 Å². The SMILES string of the molecule is CC1CC2CC(/C1=C/C(C)(C)C)C2(C)C. The molecule has 0 heteroatoms. The van der Waals surface area contributed by atoms with E-state index in [2.05, 4.69) is 47.6 Å². The van der Waals surface area contributed by atoms with Crippen molar-refractivity contribution in [1.82, 2.24) is 0 Å². The third-order valence-electron chi connectivity index (χ3n) is 4.68. The standard InChI is InChI=1S/C15H26/c1-10-7-11-8-13(15(11,5)6)12(10)9-14(2,3)4/h9-11,13H,7-8H2,1-6H3/b12-9+. The normalized spacial score (nSPS) is 41.5. The van der Waals surface area contributed by atoms with Gasteiger partial charge in [-0.1, -0.05) is 53.2 Å². The van der Waals surface area contributed by atoms with E-state index >= 15 is 0 Å². The van der Waals surface area contributed by atoms with Crippen molar-refractivity contribution in [2.75, 3.05) is 0 Å². The maximum Gasteiger partial charge on any atom is -0.0143 e. The summed E-state index contributed by atoms with van der Waals surface area (Å²) < 4.78 is 0.